The van der Waals surface area contributed by atoms with Gasteiger partial charge in [-0.05, 0) is 23.5 Å². The van der Waals surface area contributed by atoms with Gasteiger partial charge in [-0.2, -0.15) is 24.3 Å². The van der Waals surface area contributed by atoms with E-state index in [1.807, 2.05) is 60.7 Å². The minimum absolute atomic E-state index is 0. The van der Waals surface area contributed by atoms with Crippen LogP contribution in [0.15, 0.2) is 85.2 Å². The maximum absolute atomic E-state index is 4.32. The van der Waals surface area contributed by atoms with E-state index >= 15 is 0 Å². The van der Waals surface area contributed by atoms with E-state index in [0.29, 0.717) is 0 Å². The molecule has 0 amide bonds. The Hall–Kier alpha value is -2.83. The SMILES string of the molecule is [C-](=Cc1ccccn1)c1cc2ccccc2cc1[C-]=Cc1ccccn1.[Pt+2]. The molecule has 0 unspecified atom stereocenters. The first-order valence-electron chi connectivity index (χ1n) is 8.43. The summed E-state index contributed by atoms with van der Waals surface area (Å²) in [5, 5.41) is 2.35. The van der Waals surface area contributed by atoms with Crippen LogP contribution in [0.25, 0.3) is 22.9 Å². The summed E-state index contributed by atoms with van der Waals surface area (Å²) in [6.45, 7) is 0. The molecule has 2 aromatic heterocycles. The second kappa shape index (κ2) is 9.21. The number of aromatic nitrogens is 2. The van der Waals surface area contributed by atoms with Crippen LogP contribution in [0.2, 0.25) is 0 Å². The van der Waals surface area contributed by atoms with Crippen molar-refractivity contribution >= 4 is 22.9 Å². The summed E-state index contributed by atoms with van der Waals surface area (Å²) in [6, 6.07) is 24.2. The third-order valence-corrected chi connectivity index (χ3v) is 4.01. The number of nitrogens with zero attached hydrogens (tertiary/aromatic N) is 2. The summed E-state index contributed by atoms with van der Waals surface area (Å²) in [4.78, 5) is 8.65. The van der Waals surface area contributed by atoms with Crippen LogP contribution in [-0.2, 0) is 21.1 Å². The van der Waals surface area contributed by atoms with Crippen LogP contribution in [0.5, 0.6) is 0 Å². The summed E-state index contributed by atoms with van der Waals surface area (Å²) < 4.78 is 0. The van der Waals surface area contributed by atoms with Gasteiger partial charge < -0.3 is 9.97 Å². The standard InChI is InChI=1S/C24H16N2.Pt/c1-2-8-20-18-22(12-14-24-10-4-6-16-26-24)21(17-19(20)7-1)11-13-23-9-3-5-15-25-23;/h1-10,13-18H;/q-2;+2. The van der Waals surface area contributed by atoms with Gasteiger partial charge in [0.25, 0.3) is 0 Å². The van der Waals surface area contributed by atoms with Gasteiger partial charge in [0.2, 0.25) is 0 Å². The maximum Gasteiger partial charge on any atom is 2.00 e. The molecular weight excluding hydrogens is 511 g/mol. The van der Waals surface area contributed by atoms with Crippen LogP contribution >= 0.6 is 0 Å². The second-order valence-electron chi connectivity index (χ2n) is 5.83. The van der Waals surface area contributed by atoms with E-state index in [-0.39, 0.29) is 21.1 Å². The van der Waals surface area contributed by atoms with Crippen molar-refractivity contribution in [3.63, 3.8) is 0 Å². The first-order valence-corrected chi connectivity index (χ1v) is 8.43. The zero-order valence-electron chi connectivity index (χ0n) is 14.4. The van der Waals surface area contributed by atoms with Crippen molar-refractivity contribution in [1.29, 1.82) is 0 Å². The van der Waals surface area contributed by atoms with Crippen LogP contribution in [0.4, 0.5) is 0 Å². The summed E-state index contributed by atoms with van der Waals surface area (Å²) in [7, 11) is 0. The molecule has 0 aliphatic heterocycles. The van der Waals surface area contributed by atoms with E-state index in [0.717, 1.165) is 22.5 Å². The average Bonchev–Trinajstić information content (AvgIpc) is 2.72. The van der Waals surface area contributed by atoms with Gasteiger partial charge >= 0.3 is 21.1 Å². The van der Waals surface area contributed by atoms with Crippen molar-refractivity contribution in [2.45, 2.75) is 0 Å². The van der Waals surface area contributed by atoms with Gasteiger partial charge in [-0.25, -0.2) is 11.1 Å². The van der Waals surface area contributed by atoms with Crippen molar-refractivity contribution in [2.24, 2.45) is 0 Å². The Morgan fingerprint density at radius 1 is 0.593 bits per heavy atom. The number of benzene rings is 2. The number of hydrogen-bond acceptors (Lipinski definition) is 2. The molecule has 132 valence electrons. The van der Waals surface area contributed by atoms with Crippen LogP contribution in [0.1, 0.15) is 22.5 Å². The van der Waals surface area contributed by atoms with E-state index in [4.69, 9.17) is 0 Å². The molecule has 0 saturated carbocycles. The molecule has 0 saturated heterocycles. The molecule has 3 heteroatoms. The molecule has 0 aliphatic carbocycles. The van der Waals surface area contributed by atoms with Crippen molar-refractivity contribution < 1.29 is 21.1 Å². The fraction of sp³-hybridized carbons (Fsp3) is 0. The minimum Gasteiger partial charge on any atom is -0.305 e. The van der Waals surface area contributed by atoms with E-state index in [1.54, 1.807) is 12.4 Å². The molecule has 2 heterocycles. The third-order valence-electron chi connectivity index (χ3n) is 4.01. The molecule has 0 aliphatic rings. The van der Waals surface area contributed by atoms with Gasteiger partial charge in [0, 0.05) is 12.4 Å². The largest absolute Gasteiger partial charge is 2.00 e. The first-order chi connectivity index (χ1) is 12.9. The van der Waals surface area contributed by atoms with Crippen LogP contribution in [0.3, 0.4) is 0 Å². The number of fused-ring (bicyclic) bond motifs is 1. The Bertz CT molecular complexity index is 983. The van der Waals surface area contributed by atoms with Gasteiger partial charge in [0.15, 0.2) is 0 Å². The van der Waals surface area contributed by atoms with Crippen LogP contribution in [0, 0.1) is 12.2 Å². The van der Waals surface area contributed by atoms with E-state index in [2.05, 4.69) is 46.4 Å². The van der Waals surface area contributed by atoms with E-state index < -0.39 is 0 Å². The summed E-state index contributed by atoms with van der Waals surface area (Å²) in [5.74, 6) is 0. The smallest absolute Gasteiger partial charge is 0.305 e. The molecule has 0 bridgehead atoms. The average molecular weight is 527 g/mol. The molecule has 2 nitrogen and oxygen atoms in total. The van der Waals surface area contributed by atoms with Crippen molar-refractivity contribution in [3.05, 3.63) is 120 Å². The fourth-order valence-electron chi connectivity index (χ4n) is 2.71. The molecule has 0 radical (unpaired) electrons. The molecule has 0 atom stereocenters. The van der Waals surface area contributed by atoms with Gasteiger partial charge in [0.05, 0.1) is 0 Å². The van der Waals surface area contributed by atoms with Gasteiger partial charge in [-0.1, -0.05) is 59.3 Å². The zero-order valence-corrected chi connectivity index (χ0v) is 16.7. The van der Waals surface area contributed by atoms with E-state index in [9.17, 15) is 0 Å². The molecule has 4 aromatic rings. The normalized spacial score (nSPS) is 11.1. The second-order valence-corrected chi connectivity index (χ2v) is 5.83. The number of hydrogen-bond donors (Lipinski definition) is 0. The predicted octanol–water partition coefficient (Wildman–Crippen LogP) is 5.36. The van der Waals surface area contributed by atoms with E-state index in [1.165, 1.54) is 10.8 Å². The topological polar surface area (TPSA) is 25.8 Å². The molecule has 0 fully saturated rings. The zero-order chi connectivity index (χ0) is 17.6. The molecule has 0 N–H and O–H groups in total. The minimum atomic E-state index is 0. The maximum atomic E-state index is 4.32. The Labute approximate surface area is 173 Å². The van der Waals surface area contributed by atoms with Crippen molar-refractivity contribution in [1.82, 2.24) is 9.97 Å². The Morgan fingerprint density at radius 3 is 1.44 bits per heavy atom. The molecule has 0 spiro atoms. The molecule has 2 aromatic carbocycles. The Kier molecular flexibility index (Phi) is 6.46. The number of rotatable bonds is 4. The van der Waals surface area contributed by atoms with Crippen LogP contribution < -0.4 is 0 Å². The molecule has 4 rings (SSSR count). The third kappa shape index (κ3) is 4.87. The Morgan fingerprint density at radius 2 is 1.04 bits per heavy atom. The Balaban J connectivity index is 0.00000210. The summed E-state index contributed by atoms with van der Waals surface area (Å²) >= 11 is 0. The number of pyridine rings is 2. The summed E-state index contributed by atoms with van der Waals surface area (Å²) in [6.07, 6.45) is 14.1. The van der Waals surface area contributed by atoms with Gasteiger partial charge in [-0.3, -0.25) is 0 Å². The van der Waals surface area contributed by atoms with Crippen molar-refractivity contribution in [2.75, 3.05) is 0 Å². The quantitative estimate of drug-likeness (QED) is 0.334. The first kappa shape index (κ1) is 18.9. The summed E-state index contributed by atoms with van der Waals surface area (Å²) in [5.41, 5.74) is 3.70. The van der Waals surface area contributed by atoms with Gasteiger partial charge in [0.1, 0.15) is 0 Å². The molecular formula is C24H16N2Pt. The monoisotopic (exact) mass is 527 g/mol. The van der Waals surface area contributed by atoms with Gasteiger partial charge in [-0.15, -0.1) is 12.2 Å². The fourth-order valence-corrected chi connectivity index (χ4v) is 2.71. The van der Waals surface area contributed by atoms with Crippen LogP contribution in [-0.4, -0.2) is 9.97 Å². The predicted molar refractivity (Wildman–Crippen MR) is 106 cm³/mol. The van der Waals surface area contributed by atoms with Crippen molar-refractivity contribution in [3.8, 4) is 0 Å². The molecule has 27 heavy (non-hydrogen) atoms.